The summed E-state index contributed by atoms with van der Waals surface area (Å²) in [6.07, 6.45) is 0. The molecule has 1 N–H and O–H groups in total. The van der Waals surface area contributed by atoms with Gasteiger partial charge in [-0.3, -0.25) is 0 Å². The lowest BCUT2D eigenvalue weighted by atomic mass is 10.2. The van der Waals surface area contributed by atoms with E-state index in [1.54, 1.807) is 11.8 Å². The lowest BCUT2D eigenvalue weighted by Crippen LogP contribution is -2.19. The van der Waals surface area contributed by atoms with Crippen LogP contribution in [0.1, 0.15) is 31.5 Å². The first-order valence-electron chi connectivity index (χ1n) is 6.60. The molecular formula is C14H18BrN3OS. The van der Waals surface area contributed by atoms with Crippen molar-refractivity contribution < 1.29 is 4.52 Å². The van der Waals surface area contributed by atoms with E-state index in [0.717, 1.165) is 29.1 Å². The maximum Gasteiger partial charge on any atom is 0.230 e. The molecule has 0 spiro atoms. The van der Waals surface area contributed by atoms with Gasteiger partial charge in [0.05, 0.1) is 5.75 Å². The van der Waals surface area contributed by atoms with E-state index < -0.39 is 0 Å². The van der Waals surface area contributed by atoms with Crippen molar-refractivity contribution in [2.75, 3.05) is 13.1 Å². The van der Waals surface area contributed by atoms with Crippen molar-refractivity contribution in [3.8, 4) is 0 Å². The van der Waals surface area contributed by atoms with Crippen LogP contribution in [0.25, 0.3) is 0 Å². The zero-order valence-electron chi connectivity index (χ0n) is 11.6. The van der Waals surface area contributed by atoms with Crippen molar-refractivity contribution >= 4 is 27.7 Å². The predicted molar refractivity (Wildman–Crippen MR) is 85.0 cm³/mol. The highest BCUT2D eigenvalue weighted by molar-refractivity contribution is 9.10. The molecule has 1 atom stereocenters. The van der Waals surface area contributed by atoms with Gasteiger partial charge < -0.3 is 9.84 Å². The fraction of sp³-hybridized carbons (Fsp3) is 0.429. The van der Waals surface area contributed by atoms with Gasteiger partial charge in [0.1, 0.15) is 0 Å². The first-order valence-corrected chi connectivity index (χ1v) is 8.38. The zero-order chi connectivity index (χ0) is 14.4. The first kappa shape index (κ1) is 15.5. The third-order valence-corrected chi connectivity index (χ3v) is 4.32. The molecule has 0 radical (unpaired) electrons. The van der Waals surface area contributed by atoms with Crippen molar-refractivity contribution in [3.63, 3.8) is 0 Å². The Kier molecular flexibility index (Phi) is 6.06. The number of benzene rings is 1. The maximum atomic E-state index is 5.31. The second-order valence-corrected chi connectivity index (χ2v) is 6.46. The van der Waals surface area contributed by atoms with Crippen molar-refractivity contribution in [1.29, 1.82) is 0 Å². The molecule has 20 heavy (non-hydrogen) atoms. The fourth-order valence-electron chi connectivity index (χ4n) is 1.65. The Labute approximate surface area is 131 Å². The van der Waals surface area contributed by atoms with Gasteiger partial charge in [-0.15, -0.1) is 11.8 Å². The maximum absolute atomic E-state index is 5.31. The van der Waals surface area contributed by atoms with E-state index in [1.807, 2.05) is 12.1 Å². The smallest absolute Gasteiger partial charge is 0.230 e. The number of likely N-dealkylation sites (N-methyl/N-ethyl adjacent to an activating group) is 1. The lowest BCUT2D eigenvalue weighted by Gasteiger charge is -2.05. The minimum absolute atomic E-state index is 0.244. The molecule has 108 valence electrons. The number of rotatable bonds is 7. The Morgan fingerprint density at radius 1 is 1.35 bits per heavy atom. The van der Waals surface area contributed by atoms with Crippen molar-refractivity contribution in [2.24, 2.45) is 0 Å². The number of halogens is 1. The Hall–Kier alpha value is -0.850. The summed E-state index contributed by atoms with van der Waals surface area (Å²) >= 11 is 5.13. The molecule has 0 aliphatic rings. The summed E-state index contributed by atoms with van der Waals surface area (Å²) in [6.45, 7) is 5.98. The third-order valence-electron chi connectivity index (χ3n) is 2.79. The largest absolute Gasteiger partial charge is 0.339 e. The molecule has 0 fully saturated rings. The van der Waals surface area contributed by atoms with E-state index in [4.69, 9.17) is 4.52 Å². The van der Waals surface area contributed by atoms with Crippen LogP contribution in [0.15, 0.2) is 38.2 Å². The minimum atomic E-state index is 0.244. The highest BCUT2D eigenvalue weighted by Crippen LogP contribution is 2.24. The molecule has 1 heterocycles. The van der Waals surface area contributed by atoms with Crippen molar-refractivity contribution in [1.82, 2.24) is 15.5 Å². The SMILES string of the molecule is CCNCC(C)c1nc(CSc2ccc(Br)cc2)no1. The number of thioether (sulfide) groups is 1. The van der Waals surface area contributed by atoms with E-state index in [1.165, 1.54) is 4.90 Å². The molecule has 0 saturated heterocycles. The van der Waals surface area contributed by atoms with Crippen LogP contribution in [-0.2, 0) is 5.75 Å². The molecule has 2 rings (SSSR count). The second-order valence-electron chi connectivity index (χ2n) is 4.50. The molecule has 0 amide bonds. The molecule has 1 unspecified atom stereocenters. The number of aromatic nitrogens is 2. The van der Waals surface area contributed by atoms with Gasteiger partial charge in [-0.1, -0.05) is 34.9 Å². The average molecular weight is 356 g/mol. The normalized spacial score (nSPS) is 12.6. The Bertz CT molecular complexity index is 529. The van der Waals surface area contributed by atoms with Gasteiger partial charge in [-0.2, -0.15) is 4.98 Å². The summed E-state index contributed by atoms with van der Waals surface area (Å²) in [5.41, 5.74) is 0. The van der Waals surface area contributed by atoms with Gasteiger partial charge in [0, 0.05) is 21.8 Å². The zero-order valence-corrected chi connectivity index (χ0v) is 14.0. The number of hydrogen-bond acceptors (Lipinski definition) is 5. The summed E-state index contributed by atoms with van der Waals surface area (Å²) in [4.78, 5) is 5.64. The standard InChI is InChI=1S/C14H18BrN3OS/c1-3-16-8-10(2)14-17-13(18-19-14)9-20-12-6-4-11(15)5-7-12/h4-7,10,16H,3,8-9H2,1-2H3. The highest BCUT2D eigenvalue weighted by Gasteiger charge is 2.13. The van der Waals surface area contributed by atoms with Crippen molar-refractivity contribution in [3.05, 3.63) is 40.5 Å². The average Bonchev–Trinajstić information content (AvgIpc) is 2.93. The number of nitrogens with one attached hydrogen (secondary N) is 1. The Balaban J connectivity index is 1.87. The van der Waals surface area contributed by atoms with Gasteiger partial charge in [0.25, 0.3) is 0 Å². The molecule has 1 aromatic carbocycles. The molecule has 6 heteroatoms. The monoisotopic (exact) mass is 355 g/mol. The molecule has 0 aliphatic heterocycles. The minimum Gasteiger partial charge on any atom is -0.339 e. The quantitative estimate of drug-likeness (QED) is 0.764. The van der Waals surface area contributed by atoms with Crippen LogP contribution in [0.4, 0.5) is 0 Å². The van der Waals surface area contributed by atoms with Gasteiger partial charge in [0.15, 0.2) is 5.82 Å². The summed E-state index contributed by atoms with van der Waals surface area (Å²) in [7, 11) is 0. The van der Waals surface area contributed by atoms with E-state index in [0.29, 0.717) is 5.89 Å². The molecule has 2 aromatic rings. The molecule has 0 aliphatic carbocycles. The van der Waals surface area contributed by atoms with Crippen LogP contribution in [-0.4, -0.2) is 23.2 Å². The van der Waals surface area contributed by atoms with Gasteiger partial charge in [-0.05, 0) is 30.8 Å². The summed E-state index contributed by atoms with van der Waals surface area (Å²) < 4.78 is 6.39. The Morgan fingerprint density at radius 2 is 2.10 bits per heavy atom. The molecule has 0 bridgehead atoms. The third kappa shape index (κ3) is 4.61. The Morgan fingerprint density at radius 3 is 2.80 bits per heavy atom. The van der Waals surface area contributed by atoms with E-state index in [-0.39, 0.29) is 5.92 Å². The van der Waals surface area contributed by atoms with Crippen LogP contribution in [0.5, 0.6) is 0 Å². The summed E-state index contributed by atoms with van der Waals surface area (Å²) in [5, 5.41) is 7.32. The van der Waals surface area contributed by atoms with Crippen LogP contribution in [0, 0.1) is 0 Å². The van der Waals surface area contributed by atoms with Gasteiger partial charge in [-0.25, -0.2) is 0 Å². The van der Waals surface area contributed by atoms with Gasteiger partial charge in [0.2, 0.25) is 5.89 Å². The van der Waals surface area contributed by atoms with E-state index in [9.17, 15) is 0 Å². The fourth-order valence-corrected chi connectivity index (χ4v) is 2.66. The highest BCUT2D eigenvalue weighted by atomic mass is 79.9. The molecule has 0 saturated carbocycles. The van der Waals surface area contributed by atoms with Crippen LogP contribution < -0.4 is 5.32 Å². The topological polar surface area (TPSA) is 51.0 Å². The van der Waals surface area contributed by atoms with Crippen LogP contribution in [0.2, 0.25) is 0 Å². The molecular weight excluding hydrogens is 338 g/mol. The molecule has 1 aromatic heterocycles. The number of nitrogens with zero attached hydrogens (tertiary/aromatic N) is 2. The predicted octanol–water partition coefficient (Wildman–Crippen LogP) is 3.84. The lowest BCUT2D eigenvalue weighted by molar-refractivity contribution is 0.352. The van der Waals surface area contributed by atoms with Crippen LogP contribution >= 0.6 is 27.7 Å². The second kappa shape index (κ2) is 7.81. The number of hydrogen-bond donors (Lipinski definition) is 1. The van der Waals surface area contributed by atoms with E-state index in [2.05, 4.69) is 57.4 Å². The first-order chi connectivity index (χ1) is 9.69. The van der Waals surface area contributed by atoms with Gasteiger partial charge >= 0.3 is 0 Å². The van der Waals surface area contributed by atoms with Crippen molar-refractivity contribution in [2.45, 2.75) is 30.4 Å². The summed E-state index contributed by atoms with van der Waals surface area (Å²) in [6, 6.07) is 8.21. The summed E-state index contributed by atoms with van der Waals surface area (Å²) in [5.74, 6) is 2.42. The van der Waals surface area contributed by atoms with Crippen LogP contribution in [0.3, 0.4) is 0 Å². The van der Waals surface area contributed by atoms with E-state index >= 15 is 0 Å². The molecule has 4 nitrogen and oxygen atoms in total.